The summed E-state index contributed by atoms with van der Waals surface area (Å²) in [5.41, 5.74) is 0. The Kier molecular flexibility index (Phi) is 2.12. The van der Waals surface area contributed by atoms with Crippen LogP contribution in [0.15, 0.2) is 21.2 Å². The van der Waals surface area contributed by atoms with Crippen LogP contribution in [0.1, 0.15) is 29.8 Å². The van der Waals surface area contributed by atoms with Crippen molar-refractivity contribution in [1.82, 2.24) is 4.90 Å². The molecule has 3 rings (SSSR count). The van der Waals surface area contributed by atoms with Gasteiger partial charge in [-0.3, -0.25) is 4.79 Å². The Morgan fingerprint density at radius 3 is 2.87 bits per heavy atom. The molecule has 0 aromatic carbocycles. The number of carbonyl (C=O) groups is 1. The third kappa shape index (κ3) is 1.51. The zero-order valence-corrected chi connectivity index (χ0v) is 9.87. The quantitative estimate of drug-likeness (QED) is 0.786. The van der Waals surface area contributed by atoms with Crippen molar-refractivity contribution in [2.45, 2.75) is 25.3 Å². The lowest BCUT2D eigenvalue weighted by Crippen LogP contribution is -2.37. The van der Waals surface area contributed by atoms with E-state index in [-0.39, 0.29) is 5.91 Å². The maximum Gasteiger partial charge on any atom is 0.289 e. The van der Waals surface area contributed by atoms with Gasteiger partial charge in [0.05, 0.1) is 0 Å². The maximum atomic E-state index is 12.1. The Bertz CT molecular complexity index is 401. The monoisotopic (exact) mass is 269 g/mol. The summed E-state index contributed by atoms with van der Waals surface area (Å²) in [6.07, 6.45) is 3.64. The predicted molar refractivity (Wildman–Crippen MR) is 58.6 cm³/mol. The molecule has 1 saturated carbocycles. The smallest absolute Gasteiger partial charge is 0.289 e. The standard InChI is InChI=1S/C11H12BrNO2/c12-10-4-3-9(15-10)11(14)13-6-7-1-2-8(13)5-7/h3-4,7-8H,1-2,5-6H2. The van der Waals surface area contributed by atoms with Crippen LogP contribution in [-0.2, 0) is 0 Å². The highest BCUT2D eigenvalue weighted by Crippen LogP contribution is 2.38. The van der Waals surface area contributed by atoms with Crippen LogP contribution in [0.2, 0.25) is 0 Å². The van der Waals surface area contributed by atoms with Gasteiger partial charge in [0.25, 0.3) is 5.91 Å². The van der Waals surface area contributed by atoms with Gasteiger partial charge in [-0.05, 0) is 53.2 Å². The summed E-state index contributed by atoms with van der Waals surface area (Å²) in [6.45, 7) is 0.918. The van der Waals surface area contributed by atoms with E-state index in [4.69, 9.17) is 4.42 Å². The first-order valence-electron chi connectivity index (χ1n) is 5.30. The molecular weight excluding hydrogens is 258 g/mol. The molecule has 1 saturated heterocycles. The topological polar surface area (TPSA) is 33.5 Å². The Morgan fingerprint density at radius 1 is 1.47 bits per heavy atom. The molecule has 2 aliphatic rings. The van der Waals surface area contributed by atoms with E-state index in [1.165, 1.54) is 12.8 Å². The molecule has 1 aromatic heterocycles. The van der Waals surface area contributed by atoms with Crippen LogP contribution in [0.4, 0.5) is 0 Å². The van der Waals surface area contributed by atoms with E-state index in [9.17, 15) is 4.79 Å². The number of carbonyl (C=O) groups excluding carboxylic acids is 1. The second-order valence-corrected chi connectivity index (χ2v) is 5.18. The molecule has 2 atom stereocenters. The third-order valence-electron chi connectivity index (χ3n) is 3.45. The predicted octanol–water partition coefficient (Wildman–Crippen LogP) is 2.67. The number of halogens is 1. The highest BCUT2D eigenvalue weighted by atomic mass is 79.9. The van der Waals surface area contributed by atoms with Crippen LogP contribution >= 0.6 is 15.9 Å². The zero-order chi connectivity index (χ0) is 10.4. The van der Waals surface area contributed by atoms with Crippen LogP contribution in [0.5, 0.6) is 0 Å². The first kappa shape index (κ1) is 9.46. The first-order valence-corrected chi connectivity index (χ1v) is 6.09. The molecule has 0 spiro atoms. The van der Waals surface area contributed by atoms with E-state index in [0.717, 1.165) is 18.9 Å². The van der Waals surface area contributed by atoms with E-state index >= 15 is 0 Å². The van der Waals surface area contributed by atoms with Gasteiger partial charge in [-0.15, -0.1) is 0 Å². The molecular formula is C11H12BrNO2. The third-order valence-corrected chi connectivity index (χ3v) is 3.88. The average molecular weight is 270 g/mol. The lowest BCUT2D eigenvalue weighted by molar-refractivity contribution is 0.0670. The Balaban J connectivity index is 1.81. The summed E-state index contributed by atoms with van der Waals surface area (Å²) in [7, 11) is 0. The summed E-state index contributed by atoms with van der Waals surface area (Å²) in [4.78, 5) is 14.0. The molecule has 3 nitrogen and oxygen atoms in total. The minimum atomic E-state index is 0.0490. The molecule has 80 valence electrons. The second-order valence-electron chi connectivity index (χ2n) is 4.39. The first-order chi connectivity index (χ1) is 7.24. The number of hydrogen-bond donors (Lipinski definition) is 0. The Labute approximate surface area is 96.6 Å². The van der Waals surface area contributed by atoms with Crippen LogP contribution < -0.4 is 0 Å². The van der Waals surface area contributed by atoms with Gasteiger partial charge in [-0.2, -0.15) is 0 Å². The van der Waals surface area contributed by atoms with Crippen LogP contribution in [0, 0.1) is 5.92 Å². The number of fused-ring (bicyclic) bond motifs is 2. The van der Waals surface area contributed by atoms with Crippen molar-refractivity contribution in [3.63, 3.8) is 0 Å². The van der Waals surface area contributed by atoms with Crippen molar-refractivity contribution in [1.29, 1.82) is 0 Å². The van der Waals surface area contributed by atoms with Gasteiger partial charge in [0.2, 0.25) is 0 Å². The van der Waals surface area contributed by atoms with E-state index in [2.05, 4.69) is 15.9 Å². The number of furan rings is 1. The van der Waals surface area contributed by atoms with Gasteiger partial charge in [-0.25, -0.2) is 0 Å². The van der Waals surface area contributed by atoms with Gasteiger partial charge < -0.3 is 9.32 Å². The van der Waals surface area contributed by atoms with E-state index in [0.29, 0.717) is 16.5 Å². The molecule has 2 heterocycles. The SMILES string of the molecule is O=C(c1ccc(Br)o1)N1CC2CCC1C2. The van der Waals surface area contributed by atoms with E-state index in [1.54, 1.807) is 12.1 Å². The Morgan fingerprint density at radius 2 is 2.33 bits per heavy atom. The normalized spacial score (nSPS) is 28.7. The largest absolute Gasteiger partial charge is 0.444 e. The summed E-state index contributed by atoms with van der Waals surface area (Å²) < 4.78 is 5.91. The number of amides is 1. The molecule has 1 aromatic rings. The summed E-state index contributed by atoms with van der Waals surface area (Å²) >= 11 is 3.21. The molecule has 1 amide bonds. The van der Waals surface area contributed by atoms with Crippen molar-refractivity contribution in [2.24, 2.45) is 5.92 Å². The van der Waals surface area contributed by atoms with Gasteiger partial charge in [-0.1, -0.05) is 0 Å². The number of nitrogens with zero attached hydrogens (tertiary/aromatic N) is 1. The fraction of sp³-hybridized carbons (Fsp3) is 0.545. The number of piperidine rings is 1. The van der Waals surface area contributed by atoms with E-state index < -0.39 is 0 Å². The molecule has 2 fully saturated rings. The second kappa shape index (κ2) is 3.37. The lowest BCUT2D eigenvalue weighted by Gasteiger charge is -2.25. The van der Waals surface area contributed by atoms with Crippen LogP contribution in [0.3, 0.4) is 0 Å². The molecule has 0 radical (unpaired) electrons. The van der Waals surface area contributed by atoms with Gasteiger partial charge in [0.15, 0.2) is 10.4 Å². The Hall–Kier alpha value is -0.770. The summed E-state index contributed by atoms with van der Waals surface area (Å²) in [5.74, 6) is 1.24. The number of hydrogen-bond acceptors (Lipinski definition) is 2. The highest BCUT2D eigenvalue weighted by molar-refractivity contribution is 9.10. The van der Waals surface area contributed by atoms with Gasteiger partial charge in [0, 0.05) is 12.6 Å². The zero-order valence-electron chi connectivity index (χ0n) is 8.28. The maximum absolute atomic E-state index is 12.1. The van der Waals surface area contributed by atoms with E-state index in [1.807, 2.05) is 4.90 Å². The minimum absolute atomic E-state index is 0.0490. The molecule has 2 unspecified atom stereocenters. The van der Waals surface area contributed by atoms with Crippen molar-refractivity contribution in [2.75, 3.05) is 6.54 Å². The number of likely N-dealkylation sites (tertiary alicyclic amines) is 1. The minimum Gasteiger partial charge on any atom is -0.444 e. The van der Waals surface area contributed by atoms with Crippen molar-refractivity contribution >= 4 is 21.8 Å². The van der Waals surface area contributed by atoms with Crippen molar-refractivity contribution in [3.05, 3.63) is 22.6 Å². The fourth-order valence-electron chi connectivity index (χ4n) is 2.74. The number of rotatable bonds is 1. The average Bonchev–Trinajstić information content (AvgIpc) is 2.90. The van der Waals surface area contributed by atoms with Gasteiger partial charge in [0.1, 0.15) is 0 Å². The molecule has 4 heteroatoms. The summed E-state index contributed by atoms with van der Waals surface area (Å²) in [6, 6.07) is 3.96. The molecule has 0 N–H and O–H groups in total. The summed E-state index contributed by atoms with van der Waals surface area (Å²) in [5, 5.41) is 0. The van der Waals surface area contributed by atoms with Crippen LogP contribution in [0.25, 0.3) is 0 Å². The van der Waals surface area contributed by atoms with Gasteiger partial charge >= 0.3 is 0 Å². The van der Waals surface area contributed by atoms with Crippen molar-refractivity contribution < 1.29 is 9.21 Å². The highest BCUT2D eigenvalue weighted by Gasteiger charge is 2.41. The fourth-order valence-corrected chi connectivity index (χ4v) is 3.05. The molecule has 1 aliphatic heterocycles. The van der Waals surface area contributed by atoms with Crippen molar-refractivity contribution in [3.8, 4) is 0 Å². The molecule has 2 bridgehead atoms. The van der Waals surface area contributed by atoms with Crippen LogP contribution in [-0.4, -0.2) is 23.4 Å². The molecule has 1 aliphatic carbocycles. The molecule has 15 heavy (non-hydrogen) atoms. The lowest BCUT2D eigenvalue weighted by atomic mass is 10.1.